The molecule has 0 unspecified atom stereocenters. The van der Waals surface area contributed by atoms with E-state index in [0.29, 0.717) is 18.6 Å². The maximum Gasteiger partial charge on any atom is 0.242 e. The molecule has 1 aromatic carbocycles. The van der Waals surface area contributed by atoms with Crippen molar-refractivity contribution in [3.05, 3.63) is 28.8 Å². The van der Waals surface area contributed by atoms with Crippen LogP contribution in [0.5, 0.6) is 5.75 Å². The Morgan fingerprint density at radius 2 is 1.57 bits per heavy atom. The predicted molar refractivity (Wildman–Crippen MR) is 114 cm³/mol. The third-order valence-electron chi connectivity index (χ3n) is 5.43. The molecule has 0 radical (unpaired) electrons. The summed E-state index contributed by atoms with van der Waals surface area (Å²) in [5.41, 5.74) is 3.73. The molecule has 0 aromatic heterocycles. The summed E-state index contributed by atoms with van der Waals surface area (Å²) in [5, 5.41) is 25.4. The molecule has 1 saturated carbocycles. The van der Waals surface area contributed by atoms with Crippen LogP contribution < -0.4 is 5.43 Å². The van der Waals surface area contributed by atoms with Gasteiger partial charge in [0.2, 0.25) is 5.91 Å². The number of carbonyl (C=O) groups is 1. The number of rotatable bonds is 4. The molecule has 1 aliphatic rings. The molecule has 28 heavy (non-hydrogen) atoms. The number of phenols is 1. The van der Waals surface area contributed by atoms with Crippen molar-refractivity contribution in [2.45, 2.75) is 96.5 Å². The summed E-state index contributed by atoms with van der Waals surface area (Å²) in [5.74, 6) is 0.0484. The van der Waals surface area contributed by atoms with Gasteiger partial charge in [-0.2, -0.15) is 5.10 Å². The molecular formula is C23H36N2O3. The van der Waals surface area contributed by atoms with E-state index in [1.807, 2.05) is 12.1 Å². The molecule has 1 amide bonds. The highest BCUT2D eigenvalue weighted by Crippen LogP contribution is 2.39. The second-order valence-corrected chi connectivity index (χ2v) is 10.2. The molecule has 5 heteroatoms. The van der Waals surface area contributed by atoms with Gasteiger partial charge in [0.05, 0.1) is 18.2 Å². The van der Waals surface area contributed by atoms with Gasteiger partial charge in [-0.1, -0.05) is 60.8 Å². The zero-order valence-electron chi connectivity index (χ0n) is 18.2. The summed E-state index contributed by atoms with van der Waals surface area (Å²) in [7, 11) is 0. The molecule has 3 N–H and O–H groups in total. The Morgan fingerprint density at radius 3 is 2.04 bits per heavy atom. The Kier molecular flexibility index (Phi) is 6.59. The number of aliphatic hydroxyl groups is 1. The highest BCUT2D eigenvalue weighted by molar-refractivity contribution is 5.84. The standard InChI is InChI=1S/C23H36N2O3/c1-21(2,3)17-12-16(13-18(20(17)27)22(4,5)6)15-24-25-19(26)14-23(28)10-8-7-9-11-23/h12-13,15,27-28H,7-11,14H2,1-6H3,(H,25,26). The smallest absolute Gasteiger partial charge is 0.242 e. The monoisotopic (exact) mass is 388 g/mol. The van der Waals surface area contributed by atoms with Gasteiger partial charge in [0.25, 0.3) is 0 Å². The van der Waals surface area contributed by atoms with Gasteiger partial charge in [0.1, 0.15) is 5.75 Å². The first-order valence-electron chi connectivity index (χ1n) is 10.2. The van der Waals surface area contributed by atoms with E-state index in [1.165, 1.54) is 0 Å². The Balaban J connectivity index is 2.17. The van der Waals surface area contributed by atoms with Crippen LogP contribution in [-0.2, 0) is 15.6 Å². The predicted octanol–water partition coefficient (Wildman–Crippen LogP) is 4.52. The third-order valence-corrected chi connectivity index (χ3v) is 5.43. The molecule has 2 rings (SSSR count). The number of carbonyl (C=O) groups excluding carboxylic acids is 1. The number of nitrogens with one attached hydrogen (secondary N) is 1. The van der Waals surface area contributed by atoms with Crippen LogP contribution in [0.15, 0.2) is 17.2 Å². The van der Waals surface area contributed by atoms with Crippen molar-refractivity contribution in [1.82, 2.24) is 5.43 Å². The Morgan fingerprint density at radius 1 is 1.07 bits per heavy atom. The molecule has 0 spiro atoms. The lowest BCUT2D eigenvalue weighted by Crippen LogP contribution is -2.37. The summed E-state index contributed by atoms with van der Waals surface area (Å²) < 4.78 is 0. The lowest BCUT2D eigenvalue weighted by Gasteiger charge is -2.31. The van der Waals surface area contributed by atoms with E-state index in [0.717, 1.165) is 36.0 Å². The van der Waals surface area contributed by atoms with E-state index in [1.54, 1.807) is 6.21 Å². The number of hydrazone groups is 1. The molecule has 0 bridgehead atoms. The summed E-state index contributed by atoms with van der Waals surface area (Å²) in [4.78, 5) is 12.2. The first-order chi connectivity index (χ1) is 12.8. The second kappa shape index (κ2) is 8.24. The molecule has 0 heterocycles. The van der Waals surface area contributed by atoms with Crippen molar-refractivity contribution < 1.29 is 15.0 Å². The highest BCUT2D eigenvalue weighted by atomic mass is 16.3. The number of phenolic OH excluding ortho intramolecular Hbond substituents is 1. The van der Waals surface area contributed by atoms with E-state index >= 15 is 0 Å². The van der Waals surface area contributed by atoms with E-state index in [9.17, 15) is 15.0 Å². The van der Waals surface area contributed by atoms with Crippen LogP contribution in [0.4, 0.5) is 0 Å². The van der Waals surface area contributed by atoms with Crippen molar-refractivity contribution >= 4 is 12.1 Å². The van der Waals surface area contributed by atoms with Gasteiger partial charge in [0.15, 0.2) is 0 Å². The average Bonchev–Trinajstić information content (AvgIpc) is 2.54. The normalized spacial score (nSPS) is 17.7. The topological polar surface area (TPSA) is 81.9 Å². The average molecular weight is 389 g/mol. The minimum absolute atomic E-state index is 0.0837. The van der Waals surface area contributed by atoms with Gasteiger partial charge in [-0.05, 0) is 41.4 Å². The largest absolute Gasteiger partial charge is 0.507 e. The van der Waals surface area contributed by atoms with Crippen LogP contribution in [0.25, 0.3) is 0 Å². The van der Waals surface area contributed by atoms with Crippen molar-refractivity contribution in [1.29, 1.82) is 0 Å². The van der Waals surface area contributed by atoms with Gasteiger partial charge in [0, 0.05) is 11.1 Å². The van der Waals surface area contributed by atoms with Gasteiger partial charge in [-0.15, -0.1) is 0 Å². The molecule has 1 aliphatic carbocycles. The lowest BCUT2D eigenvalue weighted by atomic mass is 9.78. The molecule has 5 nitrogen and oxygen atoms in total. The van der Waals surface area contributed by atoms with Gasteiger partial charge < -0.3 is 10.2 Å². The maximum absolute atomic E-state index is 12.2. The fourth-order valence-electron chi connectivity index (χ4n) is 3.78. The first kappa shape index (κ1) is 22.4. The molecular weight excluding hydrogens is 352 g/mol. The van der Waals surface area contributed by atoms with Crippen LogP contribution in [-0.4, -0.2) is 27.9 Å². The molecule has 1 fully saturated rings. The fraction of sp³-hybridized carbons (Fsp3) is 0.652. The van der Waals surface area contributed by atoms with Crippen molar-refractivity contribution in [3.63, 3.8) is 0 Å². The minimum Gasteiger partial charge on any atom is -0.507 e. The maximum atomic E-state index is 12.2. The highest BCUT2D eigenvalue weighted by Gasteiger charge is 2.31. The van der Waals surface area contributed by atoms with E-state index < -0.39 is 5.60 Å². The number of nitrogens with zero attached hydrogens (tertiary/aromatic N) is 1. The van der Waals surface area contributed by atoms with Gasteiger partial charge >= 0.3 is 0 Å². The summed E-state index contributed by atoms with van der Waals surface area (Å²) >= 11 is 0. The van der Waals surface area contributed by atoms with Gasteiger partial charge in [-0.3, -0.25) is 4.79 Å². The quantitative estimate of drug-likeness (QED) is 0.524. The Hall–Kier alpha value is -1.88. The number of amides is 1. The zero-order chi connectivity index (χ0) is 21.2. The summed E-state index contributed by atoms with van der Waals surface area (Å²) in [6.45, 7) is 12.3. The SMILES string of the molecule is CC(C)(C)c1cc(C=NNC(=O)CC2(O)CCCCC2)cc(C(C)(C)C)c1O. The number of benzene rings is 1. The molecule has 0 saturated heterocycles. The Bertz CT molecular complexity index is 698. The first-order valence-corrected chi connectivity index (χ1v) is 10.2. The minimum atomic E-state index is -0.894. The molecule has 1 aromatic rings. The van der Waals surface area contributed by atoms with Crippen molar-refractivity contribution in [3.8, 4) is 5.75 Å². The van der Waals surface area contributed by atoms with Crippen LogP contribution in [0.1, 0.15) is 96.8 Å². The fourth-order valence-corrected chi connectivity index (χ4v) is 3.78. The lowest BCUT2D eigenvalue weighted by molar-refractivity contribution is -0.127. The third kappa shape index (κ3) is 5.81. The zero-order valence-corrected chi connectivity index (χ0v) is 18.2. The van der Waals surface area contributed by atoms with E-state index in [4.69, 9.17) is 0 Å². The van der Waals surface area contributed by atoms with Gasteiger partial charge in [-0.25, -0.2) is 5.43 Å². The molecule has 156 valence electrons. The van der Waals surface area contributed by atoms with Crippen molar-refractivity contribution in [2.75, 3.05) is 0 Å². The van der Waals surface area contributed by atoms with Crippen LogP contribution in [0.2, 0.25) is 0 Å². The molecule has 0 aliphatic heterocycles. The van der Waals surface area contributed by atoms with Crippen molar-refractivity contribution in [2.24, 2.45) is 5.10 Å². The number of hydrogen-bond acceptors (Lipinski definition) is 4. The van der Waals surface area contributed by atoms with Crippen LogP contribution >= 0.6 is 0 Å². The number of hydrogen-bond donors (Lipinski definition) is 3. The van der Waals surface area contributed by atoms with Crippen LogP contribution in [0, 0.1) is 0 Å². The Labute approximate surface area is 169 Å². The van der Waals surface area contributed by atoms with E-state index in [-0.39, 0.29) is 23.2 Å². The second-order valence-electron chi connectivity index (χ2n) is 10.2. The number of aromatic hydroxyl groups is 1. The van der Waals surface area contributed by atoms with E-state index in [2.05, 4.69) is 52.1 Å². The summed E-state index contributed by atoms with van der Waals surface area (Å²) in [6.07, 6.45) is 6.08. The van der Waals surface area contributed by atoms with Crippen LogP contribution in [0.3, 0.4) is 0 Å². The molecule has 0 atom stereocenters. The summed E-state index contributed by atoms with van der Waals surface area (Å²) in [6, 6.07) is 3.82.